The molecule has 0 aromatic carbocycles. The fraction of sp³-hybridized carbons (Fsp3) is 0.875. The standard InChI is InChI=1S/C16H26N2O3/c1-16(2)12(13(16)15(20)21)14(19)18-9-5-11(6-10-18)17-7-3-4-8-17/h11-13H,3-10H2,1-2H3,(H,20,21)/t12-,13+/m1/s1. The highest BCUT2D eigenvalue weighted by molar-refractivity contribution is 5.91. The average Bonchev–Trinajstić information content (AvgIpc) is 2.81. The zero-order valence-electron chi connectivity index (χ0n) is 13.0. The van der Waals surface area contributed by atoms with Crippen LogP contribution in [-0.4, -0.2) is 59.0 Å². The molecule has 0 unspecified atom stereocenters. The van der Waals surface area contributed by atoms with Crippen molar-refractivity contribution in [1.82, 2.24) is 9.80 Å². The van der Waals surface area contributed by atoms with Gasteiger partial charge in [-0.25, -0.2) is 0 Å². The van der Waals surface area contributed by atoms with Crippen molar-refractivity contribution in [3.63, 3.8) is 0 Å². The van der Waals surface area contributed by atoms with Gasteiger partial charge in [-0.2, -0.15) is 0 Å². The quantitative estimate of drug-likeness (QED) is 0.855. The number of piperidine rings is 1. The van der Waals surface area contributed by atoms with E-state index in [0.717, 1.165) is 25.9 Å². The smallest absolute Gasteiger partial charge is 0.307 e. The number of likely N-dealkylation sites (tertiary alicyclic amines) is 2. The van der Waals surface area contributed by atoms with Crippen molar-refractivity contribution >= 4 is 11.9 Å². The maximum atomic E-state index is 12.6. The van der Waals surface area contributed by atoms with E-state index in [1.807, 2.05) is 18.7 Å². The summed E-state index contributed by atoms with van der Waals surface area (Å²) < 4.78 is 0. The number of hydrogen-bond acceptors (Lipinski definition) is 3. The van der Waals surface area contributed by atoms with Crippen LogP contribution in [0.1, 0.15) is 39.5 Å². The highest BCUT2D eigenvalue weighted by atomic mass is 16.4. The van der Waals surface area contributed by atoms with E-state index in [9.17, 15) is 14.7 Å². The van der Waals surface area contributed by atoms with E-state index in [2.05, 4.69) is 4.90 Å². The van der Waals surface area contributed by atoms with Gasteiger partial charge < -0.3 is 14.9 Å². The van der Waals surface area contributed by atoms with Gasteiger partial charge in [-0.3, -0.25) is 9.59 Å². The zero-order valence-corrected chi connectivity index (χ0v) is 13.0. The molecule has 21 heavy (non-hydrogen) atoms. The van der Waals surface area contributed by atoms with E-state index in [4.69, 9.17) is 0 Å². The molecule has 2 atom stereocenters. The molecule has 118 valence electrons. The van der Waals surface area contributed by atoms with Crippen molar-refractivity contribution in [1.29, 1.82) is 0 Å². The fourth-order valence-electron chi connectivity index (χ4n) is 4.31. The van der Waals surface area contributed by atoms with Crippen LogP contribution < -0.4 is 0 Å². The van der Waals surface area contributed by atoms with Gasteiger partial charge in [-0.15, -0.1) is 0 Å². The van der Waals surface area contributed by atoms with Crippen molar-refractivity contribution in [3.05, 3.63) is 0 Å². The third-order valence-electron chi connectivity index (χ3n) is 5.79. The lowest BCUT2D eigenvalue weighted by molar-refractivity contribution is -0.142. The Morgan fingerprint density at radius 3 is 2.05 bits per heavy atom. The van der Waals surface area contributed by atoms with E-state index in [1.165, 1.54) is 25.9 Å². The highest BCUT2D eigenvalue weighted by Gasteiger charge is 2.66. The van der Waals surface area contributed by atoms with Crippen LogP contribution in [-0.2, 0) is 9.59 Å². The monoisotopic (exact) mass is 294 g/mol. The molecule has 0 aromatic rings. The van der Waals surface area contributed by atoms with Crippen LogP contribution >= 0.6 is 0 Å². The normalized spacial score (nSPS) is 33.1. The van der Waals surface area contributed by atoms with E-state index in [1.54, 1.807) is 0 Å². The first-order valence-electron chi connectivity index (χ1n) is 8.18. The second kappa shape index (κ2) is 5.27. The third kappa shape index (κ3) is 2.56. The third-order valence-corrected chi connectivity index (χ3v) is 5.79. The summed E-state index contributed by atoms with van der Waals surface area (Å²) in [5.74, 6) is -1.59. The topological polar surface area (TPSA) is 60.9 Å². The minimum Gasteiger partial charge on any atom is -0.481 e. The van der Waals surface area contributed by atoms with Gasteiger partial charge in [0, 0.05) is 19.1 Å². The molecule has 2 saturated heterocycles. The Kier molecular flexibility index (Phi) is 3.72. The number of hydrogen-bond donors (Lipinski definition) is 1. The summed E-state index contributed by atoms with van der Waals surface area (Å²) in [6.07, 6.45) is 4.68. The van der Waals surface area contributed by atoms with Gasteiger partial charge in [0.05, 0.1) is 11.8 Å². The number of carbonyl (C=O) groups excluding carboxylic acids is 1. The second-order valence-corrected chi connectivity index (χ2v) is 7.41. The molecular weight excluding hydrogens is 268 g/mol. The summed E-state index contributed by atoms with van der Waals surface area (Å²) in [4.78, 5) is 28.3. The maximum Gasteiger partial charge on any atom is 0.307 e. The molecule has 3 aliphatic rings. The molecule has 1 aliphatic carbocycles. The Balaban J connectivity index is 1.55. The van der Waals surface area contributed by atoms with Crippen LogP contribution in [0, 0.1) is 17.3 Å². The van der Waals surface area contributed by atoms with Crippen molar-refractivity contribution in [2.24, 2.45) is 17.3 Å². The Morgan fingerprint density at radius 2 is 1.57 bits per heavy atom. The first-order chi connectivity index (χ1) is 9.93. The van der Waals surface area contributed by atoms with E-state index in [0.29, 0.717) is 6.04 Å². The van der Waals surface area contributed by atoms with Gasteiger partial charge in [0.15, 0.2) is 0 Å². The van der Waals surface area contributed by atoms with Crippen LogP contribution in [0.3, 0.4) is 0 Å². The molecular formula is C16H26N2O3. The lowest BCUT2D eigenvalue weighted by atomic mass is 10.0. The molecule has 1 amide bonds. The lowest BCUT2D eigenvalue weighted by Gasteiger charge is -2.37. The largest absolute Gasteiger partial charge is 0.481 e. The first-order valence-corrected chi connectivity index (χ1v) is 8.18. The van der Waals surface area contributed by atoms with Gasteiger partial charge >= 0.3 is 5.97 Å². The number of rotatable bonds is 3. The van der Waals surface area contributed by atoms with E-state index >= 15 is 0 Å². The number of carboxylic acids is 1. The van der Waals surface area contributed by atoms with Crippen molar-refractivity contribution in [2.45, 2.75) is 45.6 Å². The van der Waals surface area contributed by atoms with Gasteiger partial charge in [-0.05, 0) is 44.2 Å². The number of nitrogens with zero attached hydrogens (tertiary/aromatic N) is 2. The molecule has 1 N–H and O–H groups in total. The minimum atomic E-state index is -0.828. The highest BCUT2D eigenvalue weighted by Crippen LogP contribution is 2.59. The molecule has 5 nitrogen and oxygen atoms in total. The summed E-state index contributed by atoms with van der Waals surface area (Å²) in [6, 6.07) is 0.624. The van der Waals surface area contributed by atoms with E-state index < -0.39 is 11.9 Å². The SMILES string of the molecule is CC1(C)[C@H](C(=O)O)[C@@H]1C(=O)N1CCC(N2CCCC2)CC1. The van der Waals surface area contributed by atoms with Crippen LogP contribution in [0.4, 0.5) is 0 Å². The maximum absolute atomic E-state index is 12.6. The molecule has 3 rings (SSSR count). The molecule has 0 spiro atoms. The van der Waals surface area contributed by atoms with Crippen LogP contribution in [0.25, 0.3) is 0 Å². The number of aliphatic carboxylic acids is 1. The summed E-state index contributed by atoms with van der Waals surface area (Å²) >= 11 is 0. The number of carbonyl (C=O) groups is 2. The predicted molar refractivity (Wildman–Crippen MR) is 78.8 cm³/mol. The molecule has 0 radical (unpaired) electrons. The summed E-state index contributed by atoms with van der Waals surface area (Å²) in [5.41, 5.74) is -0.380. The van der Waals surface area contributed by atoms with Crippen molar-refractivity contribution in [3.8, 4) is 0 Å². The number of carboxylic acid groups (broad SMARTS) is 1. The molecule has 0 bridgehead atoms. The van der Waals surface area contributed by atoms with Gasteiger partial charge in [-0.1, -0.05) is 13.8 Å². The zero-order chi connectivity index (χ0) is 15.2. The van der Waals surface area contributed by atoms with Crippen molar-refractivity contribution < 1.29 is 14.7 Å². The van der Waals surface area contributed by atoms with Gasteiger partial charge in [0.1, 0.15) is 0 Å². The van der Waals surface area contributed by atoms with Gasteiger partial charge in [0.2, 0.25) is 5.91 Å². The lowest BCUT2D eigenvalue weighted by Crippen LogP contribution is -2.46. The molecule has 3 fully saturated rings. The summed E-state index contributed by atoms with van der Waals surface area (Å²) in [7, 11) is 0. The Hall–Kier alpha value is -1.10. The molecule has 0 aromatic heterocycles. The van der Waals surface area contributed by atoms with Gasteiger partial charge in [0.25, 0.3) is 0 Å². The Labute approximate surface area is 126 Å². The Morgan fingerprint density at radius 1 is 1.00 bits per heavy atom. The fourth-order valence-corrected chi connectivity index (χ4v) is 4.31. The minimum absolute atomic E-state index is 0.0623. The second-order valence-electron chi connectivity index (χ2n) is 7.41. The van der Waals surface area contributed by atoms with Crippen LogP contribution in [0.2, 0.25) is 0 Å². The molecule has 5 heteroatoms. The first kappa shape index (κ1) is 14.8. The molecule has 1 saturated carbocycles. The molecule has 2 aliphatic heterocycles. The van der Waals surface area contributed by atoms with Crippen molar-refractivity contribution in [2.75, 3.05) is 26.2 Å². The average molecular weight is 294 g/mol. The van der Waals surface area contributed by atoms with Crippen LogP contribution in [0.15, 0.2) is 0 Å². The summed E-state index contributed by atoms with van der Waals surface area (Å²) in [6.45, 7) is 7.78. The number of amides is 1. The van der Waals surface area contributed by atoms with Crippen LogP contribution in [0.5, 0.6) is 0 Å². The summed E-state index contributed by atoms with van der Waals surface area (Å²) in [5, 5.41) is 9.21. The predicted octanol–water partition coefficient (Wildman–Crippen LogP) is 1.43. The Bertz CT molecular complexity index is 435. The van der Waals surface area contributed by atoms with E-state index in [-0.39, 0.29) is 17.2 Å². The molecule has 2 heterocycles.